The van der Waals surface area contributed by atoms with Crippen molar-refractivity contribution < 1.29 is 47.6 Å². The van der Waals surface area contributed by atoms with Crippen molar-refractivity contribution in [3.8, 4) is 23.0 Å². The fraction of sp³-hybridized carbons (Fsp3) is 0.582. The van der Waals surface area contributed by atoms with Gasteiger partial charge in [0.15, 0.2) is 5.41 Å². The quantitative estimate of drug-likeness (QED) is 0.0553. The van der Waals surface area contributed by atoms with Crippen molar-refractivity contribution in [2.75, 3.05) is 0 Å². The van der Waals surface area contributed by atoms with Gasteiger partial charge in [0.25, 0.3) is 0 Å². The number of hydrogen-bond donors (Lipinski definition) is 0. The van der Waals surface area contributed by atoms with Crippen LogP contribution in [0.15, 0.2) is 72.8 Å². The molecule has 0 aromatic heterocycles. The molecule has 0 aliphatic carbocycles. The molecule has 0 saturated heterocycles. The van der Waals surface area contributed by atoms with Crippen LogP contribution in [0.5, 0.6) is 23.0 Å². The Bertz CT molecular complexity index is 2720. The first-order valence-corrected chi connectivity index (χ1v) is 27.3. The van der Waals surface area contributed by atoms with E-state index in [2.05, 4.69) is 69.2 Å². The molecule has 10 nitrogen and oxygen atoms in total. The molecule has 1 unspecified atom stereocenters. The first-order valence-electron chi connectivity index (χ1n) is 27.3. The molecule has 4 rings (SSSR count). The van der Waals surface area contributed by atoms with E-state index in [1.54, 1.807) is 65.8 Å². The summed E-state index contributed by atoms with van der Waals surface area (Å²) >= 11 is 0. The van der Waals surface area contributed by atoms with Crippen LogP contribution < -0.4 is 18.9 Å². The molecule has 0 aliphatic heterocycles. The minimum absolute atomic E-state index is 0.0583. The molecule has 4 aromatic rings. The highest BCUT2D eigenvalue weighted by Gasteiger charge is 2.51. The van der Waals surface area contributed by atoms with Gasteiger partial charge in [0.1, 0.15) is 34.2 Å². The third kappa shape index (κ3) is 16.9. The van der Waals surface area contributed by atoms with Crippen molar-refractivity contribution >= 4 is 24.2 Å². The smallest absolute Gasteiger partial charge is 0.428 e. The predicted molar refractivity (Wildman–Crippen MR) is 311 cm³/mol. The third-order valence-corrected chi connectivity index (χ3v) is 14.3. The van der Waals surface area contributed by atoms with Crippen LogP contribution in [0.3, 0.4) is 0 Å². The number of hydrogen-bond acceptors (Lipinski definition) is 10. The molecule has 77 heavy (non-hydrogen) atoms. The van der Waals surface area contributed by atoms with Crippen molar-refractivity contribution in [1.82, 2.24) is 0 Å². The zero-order chi connectivity index (χ0) is 59.1. The second-order valence-electron chi connectivity index (χ2n) is 30.0. The van der Waals surface area contributed by atoms with Crippen molar-refractivity contribution in [2.45, 2.75) is 238 Å². The minimum Gasteiger partial charge on any atom is -0.428 e. The lowest BCUT2D eigenvalue weighted by Crippen LogP contribution is -2.48. The number of ether oxygens (including phenoxy) is 6. The Hall–Kier alpha value is -5.64. The lowest BCUT2D eigenvalue weighted by atomic mass is 9.65. The first kappa shape index (κ1) is 63.9. The highest BCUT2D eigenvalue weighted by molar-refractivity contribution is 6.02. The summed E-state index contributed by atoms with van der Waals surface area (Å²) in [5.41, 5.74) is -0.0934. The van der Waals surface area contributed by atoms with E-state index in [0.717, 1.165) is 17.5 Å². The van der Waals surface area contributed by atoms with Gasteiger partial charge in [-0.2, -0.15) is 0 Å². The number of benzene rings is 4. The van der Waals surface area contributed by atoms with Gasteiger partial charge >= 0.3 is 24.2 Å². The average molecular weight is 1060 g/mol. The minimum atomic E-state index is -2.08. The molecule has 0 amide bonds. The van der Waals surface area contributed by atoms with Crippen LogP contribution in [-0.4, -0.2) is 35.5 Å². The summed E-state index contributed by atoms with van der Waals surface area (Å²) in [6.45, 7) is 52.6. The van der Waals surface area contributed by atoms with Crippen molar-refractivity contribution in [3.05, 3.63) is 117 Å². The first-order chi connectivity index (χ1) is 34.5. The van der Waals surface area contributed by atoms with Gasteiger partial charge in [-0.25, -0.2) is 9.59 Å². The molecular formula is C67H96O10. The van der Waals surface area contributed by atoms with Crippen LogP contribution in [0.1, 0.15) is 224 Å². The predicted octanol–water partition coefficient (Wildman–Crippen LogP) is 17.5. The number of esters is 2. The van der Waals surface area contributed by atoms with Gasteiger partial charge < -0.3 is 28.4 Å². The Labute approximate surface area is 464 Å². The molecule has 0 bridgehead atoms. The molecule has 424 valence electrons. The van der Waals surface area contributed by atoms with Gasteiger partial charge in [-0.1, -0.05) is 180 Å². The summed E-state index contributed by atoms with van der Waals surface area (Å²) in [5, 5.41) is 0. The largest absolute Gasteiger partial charge is 0.514 e. The Morgan fingerprint density at radius 1 is 0.416 bits per heavy atom. The van der Waals surface area contributed by atoms with Crippen molar-refractivity contribution in [3.63, 3.8) is 0 Å². The molecule has 0 radical (unpaired) electrons. The van der Waals surface area contributed by atoms with Gasteiger partial charge in [0.2, 0.25) is 0 Å². The summed E-state index contributed by atoms with van der Waals surface area (Å²) in [4.78, 5) is 58.8. The Morgan fingerprint density at radius 3 is 1.09 bits per heavy atom. The number of rotatable bonds is 13. The molecule has 0 spiro atoms. The number of aryl methyl sites for hydroxylation is 1. The van der Waals surface area contributed by atoms with Gasteiger partial charge in [0.05, 0.1) is 0 Å². The number of carbonyl (C=O) groups excluding carboxylic acids is 4. The molecular weight excluding hydrogens is 965 g/mol. The Balaban J connectivity index is 2.14. The van der Waals surface area contributed by atoms with E-state index >= 15 is 9.59 Å². The Kier molecular flexibility index (Phi) is 18.5. The van der Waals surface area contributed by atoms with E-state index in [4.69, 9.17) is 28.4 Å². The maximum absolute atomic E-state index is 16.0. The molecule has 0 aliphatic rings. The zero-order valence-electron chi connectivity index (χ0n) is 52.1. The van der Waals surface area contributed by atoms with E-state index in [-0.39, 0.29) is 46.0 Å². The zero-order valence-corrected chi connectivity index (χ0v) is 52.1. The topological polar surface area (TPSA) is 124 Å². The van der Waals surface area contributed by atoms with E-state index in [1.165, 1.54) is 0 Å². The Morgan fingerprint density at radius 2 is 0.753 bits per heavy atom. The summed E-state index contributed by atoms with van der Waals surface area (Å²) < 4.78 is 36.5. The number of carbonyl (C=O) groups is 4. The molecule has 0 N–H and O–H groups in total. The van der Waals surface area contributed by atoms with E-state index < -0.39 is 57.1 Å². The van der Waals surface area contributed by atoms with Crippen molar-refractivity contribution in [2.24, 2.45) is 16.2 Å². The van der Waals surface area contributed by atoms with Crippen molar-refractivity contribution in [1.29, 1.82) is 0 Å². The molecule has 0 saturated carbocycles. The highest BCUT2D eigenvalue weighted by atomic mass is 16.7. The fourth-order valence-corrected chi connectivity index (χ4v) is 9.68. The third-order valence-electron chi connectivity index (χ3n) is 14.3. The van der Waals surface area contributed by atoms with Crippen LogP contribution >= 0.6 is 0 Å². The van der Waals surface area contributed by atoms with Gasteiger partial charge in [0, 0.05) is 16.7 Å². The maximum atomic E-state index is 16.0. The van der Waals surface area contributed by atoms with E-state index in [1.807, 2.05) is 118 Å². The van der Waals surface area contributed by atoms with Crippen LogP contribution in [0, 0.1) is 23.2 Å². The lowest BCUT2D eigenvalue weighted by molar-refractivity contribution is -0.161. The molecule has 10 heteroatoms. The molecule has 0 fully saturated rings. The maximum Gasteiger partial charge on any atom is 0.514 e. The normalized spacial score (nSPS) is 14.1. The summed E-state index contributed by atoms with van der Waals surface area (Å²) in [5.74, 6) is -0.480. The molecule has 0 heterocycles. The second-order valence-corrected chi connectivity index (χ2v) is 30.0. The van der Waals surface area contributed by atoms with Gasteiger partial charge in [-0.15, -0.1) is 0 Å². The second kappa shape index (κ2) is 22.2. The van der Waals surface area contributed by atoms with Crippen LogP contribution in [0.4, 0.5) is 9.59 Å². The van der Waals surface area contributed by atoms with E-state index in [9.17, 15) is 9.59 Å². The summed E-state index contributed by atoms with van der Waals surface area (Å²) in [7, 11) is 0. The average Bonchev–Trinajstić information content (AvgIpc) is 3.21. The molecule has 4 aromatic carbocycles. The highest BCUT2D eigenvalue weighted by Crippen LogP contribution is 2.46. The monoisotopic (exact) mass is 1060 g/mol. The summed E-state index contributed by atoms with van der Waals surface area (Å²) in [6, 6.07) is 22.5. The van der Waals surface area contributed by atoms with Gasteiger partial charge in [-0.3, -0.25) is 9.59 Å². The van der Waals surface area contributed by atoms with Crippen LogP contribution in [0.2, 0.25) is 0 Å². The fourth-order valence-electron chi connectivity index (χ4n) is 9.68. The SMILES string of the molecule is Cc1cc(CC(Cc2cc(C(C)(C)C)c(OC(=O)OC(C)(C)C)c(C(C)(C)C)c2)(C(=O)Oc2ccc(C(C)(C)CC(C)(C)C)cc2)C(=O)Oc2ccc(C(C)(C)C(C)(C)C)cc2)cc(C(C)(C)C)c1OC(=O)OC(C)(C)C. The lowest BCUT2D eigenvalue weighted by Gasteiger charge is -2.39. The summed E-state index contributed by atoms with van der Waals surface area (Å²) in [6.07, 6.45) is -1.19. The van der Waals surface area contributed by atoms with E-state index in [0.29, 0.717) is 44.9 Å². The van der Waals surface area contributed by atoms with Gasteiger partial charge in [-0.05, 0) is 158 Å². The molecule has 1 atom stereocenters. The standard InChI is InChI=1S/C67H96O10/c1-42-35-43(36-49(59(5,6)7)52(42)74-56(70)76-63(17,18)19)39-67(55(69)73-48-33-29-46(30-34-48)66(25,26)62(14,15)16,54(68)72-47-31-27-45(28-32-47)65(23,24)41-58(2,3)4)40-44-37-50(60(8,9)10)53(51(38-44)61(11,12)13)75-57(71)77-64(20,21)22/h27-38H,39-41H2,1-26H3. The van der Waals surface area contributed by atoms with Crippen LogP contribution in [-0.2, 0) is 59.0 Å². The van der Waals surface area contributed by atoms with Crippen LogP contribution in [0.25, 0.3) is 0 Å².